The lowest BCUT2D eigenvalue weighted by Gasteiger charge is -2.39. The smallest absolute Gasteiger partial charge is 0.119 e. The molecule has 1 atom stereocenters. The van der Waals surface area contributed by atoms with Gasteiger partial charge in [-0.15, -0.1) is 0 Å². The molecular weight excluding hydrogens is 226 g/mol. The summed E-state index contributed by atoms with van der Waals surface area (Å²) in [4.78, 5) is 2.39. The fraction of sp³-hybridized carbons (Fsp3) is 0.600. The zero-order valence-corrected chi connectivity index (χ0v) is 11.1. The molecule has 1 heterocycles. The van der Waals surface area contributed by atoms with Gasteiger partial charge in [-0.25, -0.2) is 0 Å². The molecule has 98 valence electrons. The summed E-state index contributed by atoms with van der Waals surface area (Å²) in [5.74, 6) is 0.919. The molecule has 3 heteroatoms. The van der Waals surface area contributed by atoms with E-state index in [2.05, 4.69) is 24.1 Å². The zero-order chi connectivity index (χ0) is 12.8. The highest BCUT2D eigenvalue weighted by molar-refractivity contribution is 5.41. The first-order valence-corrected chi connectivity index (χ1v) is 6.68. The van der Waals surface area contributed by atoms with E-state index in [1.54, 1.807) is 7.11 Å². The van der Waals surface area contributed by atoms with Crippen molar-refractivity contribution in [1.29, 1.82) is 0 Å². The number of methoxy groups -OCH3 is 1. The number of aliphatic hydroxyl groups excluding tert-OH is 1. The van der Waals surface area contributed by atoms with E-state index in [0.29, 0.717) is 12.6 Å². The van der Waals surface area contributed by atoms with Crippen LogP contribution < -0.4 is 4.74 Å². The third-order valence-electron chi connectivity index (χ3n) is 4.61. The maximum absolute atomic E-state index is 9.72. The Bertz CT molecular complexity index is 454. The van der Waals surface area contributed by atoms with Crippen LogP contribution in [-0.4, -0.2) is 37.3 Å². The van der Waals surface area contributed by atoms with Crippen molar-refractivity contribution in [2.45, 2.75) is 25.3 Å². The lowest BCUT2D eigenvalue weighted by atomic mass is 9.83. The molecule has 0 saturated heterocycles. The first-order chi connectivity index (χ1) is 8.70. The molecule has 2 aliphatic rings. The van der Waals surface area contributed by atoms with Crippen LogP contribution in [-0.2, 0) is 6.42 Å². The molecule has 1 aromatic carbocycles. The Labute approximate surface area is 108 Å². The average molecular weight is 247 g/mol. The van der Waals surface area contributed by atoms with Crippen molar-refractivity contribution in [1.82, 2.24) is 4.90 Å². The van der Waals surface area contributed by atoms with E-state index in [4.69, 9.17) is 4.74 Å². The largest absolute Gasteiger partial charge is 0.497 e. The molecule has 3 nitrogen and oxygen atoms in total. The molecule has 1 fully saturated rings. The SMILES string of the molecule is COc1ccc2c(c1)C(C1(CO)CC1)N(C)CC2. The predicted octanol–water partition coefficient (Wildman–Crippen LogP) is 2.00. The topological polar surface area (TPSA) is 32.7 Å². The summed E-state index contributed by atoms with van der Waals surface area (Å²) in [6.07, 6.45) is 3.36. The van der Waals surface area contributed by atoms with Gasteiger partial charge in [0.1, 0.15) is 5.75 Å². The fourth-order valence-corrected chi connectivity index (χ4v) is 3.32. The van der Waals surface area contributed by atoms with Crippen molar-refractivity contribution in [3.05, 3.63) is 29.3 Å². The number of hydrogen-bond acceptors (Lipinski definition) is 3. The number of likely N-dealkylation sites (N-methyl/N-ethyl adjacent to an activating group) is 1. The highest BCUT2D eigenvalue weighted by Crippen LogP contribution is 2.58. The molecular formula is C15H21NO2. The summed E-state index contributed by atoms with van der Waals surface area (Å²) >= 11 is 0. The van der Waals surface area contributed by atoms with Gasteiger partial charge in [0.15, 0.2) is 0 Å². The first-order valence-electron chi connectivity index (χ1n) is 6.68. The van der Waals surface area contributed by atoms with E-state index in [0.717, 1.165) is 31.6 Å². The average Bonchev–Trinajstić information content (AvgIpc) is 3.18. The zero-order valence-electron chi connectivity index (χ0n) is 11.1. The molecule has 1 aliphatic heterocycles. The monoisotopic (exact) mass is 247 g/mol. The number of rotatable bonds is 3. The summed E-state index contributed by atoms with van der Waals surface area (Å²) < 4.78 is 5.35. The molecule has 1 N–H and O–H groups in total. The Morgan fingerprint density at radius 2 is 2.22 bits per heavy atom. The quantitative estimate of drug-likeness (QED) is 0.886. The third-order valence-corrected chi connectivity index (χ3v) is 4.61. The van der Waals surface area contributed by atoms with Gasteiger partial charge < -0.3 is 9.84 Å². The molecule has 3 rings (SSSR count). The lowest BCUT2D eigenvalue weighted by molar-refractivity contribution is 0.0917. The van der Waals surface area contributed by atoms with Crippen molar-refractivity contribution in [2.75, 3.05) is 27.3 Å². The van der Waals surface area contributed by atoms with Gasteiger partial charge >= 0.3 is 0 Å². The summed E-state index contributed by atoms with van der Waals surface area (Å²) in [5.41, 5.74) is 2.87. The van der Waals surface area contributed by atoms with Crippen LogP contribution in [0.15, 0.2) is 18.2 Å². The highest BCUT2D eigenvalue weighted by Gasteiger charge is 2.52. The minimum Gasteiger partial charge on any atom is -0.497 e. The molecule has 1 unspecified atom stereocenters. The minimum absolute atomic E-state index is 0.0935. The molecule has 0 aromatic heterocycles. The number of aliphatic hydroxyl groups is 1. The number of ether oxygens (including phenoxy) is 1. The highest BCUT2D eigenvalue weighted by atomic mass is 16.5. The Kier molecular flexibility index (Phi) is 2.83. The van der Waals surface area contributed by atoms with Gasteiger partial charge in [-0.1, -0.05) is 6.07 Å². The Morgan fingerprint density at radius 3 is 2.83 bits per heavy atom. The maximum Gasteiger partial charge on any atom is 0.119 e. The van der Waals surface area contributed by atoms with Crippen molar-refractivity contribution >= 4 is 0 Å². The molecule has 0 spiro atoms. The van der Waals surface area contributed by atoms with Crippen molar-refractivity contribution in [2.24, 2.45) is 5.41 Å². The van der Waals surface area contributed by atoms with Crippen LogP contribution in [0.2, 0.25) is 0 Å². The van der Waals surface area contributed by atoms with Gasteiger partial charge in [-0.3, -0.25) is 4.90 Å². The van der Waals surface area contributed by atoms with E-state index in [-0.39, 0.29) is 5.41 Å². The van der Waals surface area contributed by atoms with Crippen LogP contribution in [0.3, 0.4) is 0 Å². The first kappa shape index (κ1) is 12.0. The van der Waals surface area contributed by atoms with E-state index in [1.165, 1.54) is 11.1 Å². The number of nitrogens with zero attached hydrogens (tertiary/aromatic N) is 1. The summed E-state index contributed by atoms with van der Waals surface area (Å²) in [7, 11) is 3.88. The number of fused-ring (bicyclic) bond motifs is 1. The van der Waals surface area contributed by atoms with Crippen LogP contribution in [0.4, 0.5) is 0 Å². The van der Waals surface area contributed by atoms with E-state index >= 15 is 0 Å². The minimum atomic E-state index is 0.0935. The van der Waals surface area contributed by atoms with Crippen LogP contribution in [0, 0.1) is 5.41 Å². The van der Waals surface area contributed by atoms with Gasteiger partial charge in [0.05, 0.1) is 13.7 Å². The van der Waals surface area contributed by atoms with Crippen molar-refractivity contribution in [3.8, 4) is 5.75 Å². The standard InChI is InChI=1S/C15H21NO2/c1-16-8-5-11-3-4-12(18-2)9-13(11)14(16)15(10-17)6-7-15/h3-4,9,14,17H,5-8,10H2,1-2H3. The van der Waals surface area contributed by atoms with Crippen molar-refractivity contribution in [3.63, 3.8) is 0 Å². The Hall–Kier alpha value is -1.06. The molecule has 1 aliphatic carbocycles. The van der Waals surface area contributed by atoms with Crippen LogP contribution in [0.1, 0.15) is 30.0 Å². The summed E-state index contributed by atoms with van der Waals surface area (Å²) in [6, 6.07) is 6.73. The molecule has 18 heavy (non-hydrogen) atoms. The second kappa shape index (κ2) is 4.25. The van der Waals surface area contributed by atoms with Gasteiger partial charge in [0.2, 0.25) is 0 Å². The molecule has 1 aromatic rings. The molecule has 0 radical (unpaired) electrons. The van der Waals surface area contributed by atoms with E-state index < -0.39 is 0 Å². The summed E-state index contributed by atoms with van der Waals surface area (Å²) in [5, 5.41) is 9.72. The number of hydrogen-bond donors (Lipinski definition) is 1. The van der Waals surface area contributed by atoms with Gasteiger partial charge in [-0.05, 0) is 49.6 Å². The fourth-order valence-electron chi connectivity index (χ4n) is 3.32. The van der Waals surface area contributed by atoms with Crippen LogP contribution in [0.5, 0.6) is 5.75 Å². The second-order valence-corrected chi connectivity index (χ2v) is 5.72. The number of benzene rings is 1. The van der Waals surface area contributed by atoms with Crippen molar-refractivity contribution < 1.29 is 9.84 Å². The third kappa shape index (κ3) is 1.73. The maximum atomic E-state index is 9.72. The van der Waals surface area contributed by atoms with Crippen LogP contribution >= 0.6 is 0 Å². The predicted molar refractivity (Wildman–Crippen MR) is 70.8 cm³/mol. The van der Waals surface area contributed by atoms with Crippen LogP contribution in [0.25, 0.3) is 0 Å². The second-order valence-electron chi connectivity index (χ2n) is 5.72. The van der Waals surface area contributed by atoms with Gasteiger partial charge in [0.25, 0.3) is 0 Å². The summed E-state index contributed by atoms with van der Waals surface area (Å²) in [6.45, 7) is 1.37. The normalized spacial score (nSPS) is 25.6. The lowest BCUT2D eigenvalue weighted by Crippen LogP contribution is -2.38. The molecule has 1 saturated carbocycles. The Balaban J connectivity index is 2.05. The Morgan fingerprint density at radius 1 is 1.44 bits per heavy atom. The van der Waals surface area contributed by atoms with E-state index in [1.807, 2.05) is 6.07 Å². The van der Waals surface area contributed by atoms with Gasteiger partial charge in [-0.2, -0.15) is 0 Å². The van der Waals surface area contributed by atoms with Gasteiger partial charge in [0, 0.05) is 18.0 Å². The molecule has 0 bridgehead atoms. The van der Waals surface area contributed by atoms with E-state index in [9.17, 15) is 5.11 Å². The molecule has 0 amide bonds.